The maximum atomic E-state index is 12.0. The molecule has 0 bridgehead atoms. The quantitative estimate of drug-likeness (QED) is 0.680. The number of hydrogen-bond donors (Lipinski definition) is 3. The van der Waals surface area contributed by atoms with Crippen LogP contribution in [0.25, 0.3) is 0 Å². The van der Waals surface area contributed by atoms with Crippen LogP contribution in [-0.4, -0.2) is 42.8 Å². The lowest BCUT2D eigenvalue weighted by Gasteiger charge is -2.26. The number of benzene rings is 1. The third-order valence-electron chi connectivity index (χ3n) is 3.15. The molecule has 22 heavy (non-hydrogen) atoms. The zero-order valence-electron chi connectivity index (χ0n) is 13.2. The Morgan fingerprint density at radius 3 is 2.50 bits per heavy atom. The van der Waals surface area contributed by atoms with Gasteiger partial charge in [-0.2, -0.15) is 0 Å². The van der Waals surface area contributed by atoms with Crippen molar-refractivity contribution in [2.24, 2.45) is 0 Å². The number of nitrogens with zero attached hydrogens (tertiary/aromatic N) is 1. The van der Waals surface area contributed by atoms with Crippen LogP contribution in [0, 0.1) is 0 Å². The van der Waals surface area contributed by atoms with E-state index in [1.807, 2.05) is 44.2 Å². The predicted octanol–water partition coefficient (Wildman–Crippen LogP) is 1.50. The second kappa shape index (κ2) is 9.78. The molecule has 1 aromatic rings. The summed E-state index contributed by atoms with van der Waals surface area (Å²) in [6.45, 7) is 4.69. The summed E-state index contributed by atoms with van der Waals surface area (Å²) in [5.41, 5.74) is 0.833. The van der Waals surface area contributed by atoms with Crippen LogP contribution in [0.3, 0.4) is 0 Å². The number of aliphatic hydroxyl groups is 1. The summed E-state index contributed by atoms with van der Waals surface area (Å²) in [6.07, 6.45) is 0.879. The summed E-state index contributed by atoms with van der Waals surface area (Å²) in [5.74, 6) is -0.402. The zero-order chi connectivity index (χ0) is 16.4. The van der Waals surface area contributed by atoms with Gasteiger partial charge in [0, 0.05) is 18.8 Å². The normalized spacial score (nSPS) is 11.6. The maximum Gasteiger partial charge on any atom is 0.321 e. The van der Waals surface area contributed by atoms with Gasteiger partial charge < -0.3 is 15.3 Å². The Morgan fingerprint density at radius 2 is 1.91 bits per heavy atom. The minimum atomic E-state index is -0.526. The largest absolute Gasteiger partial charge is 0.391 e. The first-order valence-electron chi connectivity index (χ1n) is 7.62. The molecule has 0 unspecified atom stereocenters. The second-order valence-corrected chi connectivity index (χ2v) is 5.08. The zero-order valence-corrected chi connectivity index (χ0v) is 13.2. The van der Waals surface area contributed by atoms with Gasteiger partial charge in [0.1, 0.15) is 0 Å². The summed E-state index contributed by atoms with van der Waals surface area (Å²) in [6, 6.07) is 8.87. The van der Waals surface area contributed by atoms with E-state index in [1.54, 1.807) is 4.90 Å². The number of amides is 3. The maximum absolute atomic E-state index is 12.0. The van der Waals surface area contributed by atoms with Gasteiger partial charge in [-0.25, -0.2) is 4.79 Å². The van der Waals surface area contributed by atoms with E-state index in [1.165, 1.54) is 0 Å². The van der Waals surface area contributed by atoms with Crippen LogP contribution in [-0.2, 0) is 4.79 Å². The number of para-hydroxylation sites is 1. The fraction of sp³-hybridized carbons (Fsp3) is 0.500. The molecule has 0 fully saturated rings. The van der Waals surface area contributed by atoms with Crippen molar-refractivity contribution in [3.8, 4) is 0 Å². The second-order valence-electron chi connectivity index (χ2n) is 5.08. The molecule has 0 aliphatic rings. The summed E-state index contributed by atoms with van der Waals surface area (Å²) >= 11 is 0. The van der Waals surface area contributed by atoms with Crippen LogP contribution in [0.5, 0.6) is 0 Å². The SMILES string of the molecule is CCCNC(=O)NC(=O)CN(C[C@@H](O)CC)c1ccccc1. The van der Waals surface area contributed by atoms with Gasteiger partial charge in [-0.15, -0.1) is 0 Å². The third-order valence-corrected chi connectivity index (χ3v) is 3.15. The number of urea groups is 1. The standard InChI is InChI=1S/C16H25N3O3/c1-3-10-17-16(22)18-15(21)12-19(11-14(20)4-2)13-8-6-5-7-9-13/h5-9,14,20H,3-4,10-12H2,1-2H3,(H2,17,18,21,22)/t14-/m0/s1. The lowest BCUT2D eigenvalue weighted by molar-refractivity contribution is -0.118. The van der Waals surface area contributed by atoms with Gasteiger partial charge in [-0.05, 0) is 25.0 Å². The molecule has 0 saturated heterocycles. The van der Waals surface area contributed by atoms with Gasteiger partial charge >= 0.3 is 6.03 Å². The van der Waals surface area contributed by atoms with E-state index in [0.29, 0.717) is 19.5 Å². The molecular weight excluding hydrogens is 282 g/mol. The van der Waals surface area contributed by atoms with Gasteiger partial charge in [0.05, 0.1) is 12.6 Å². The molecule has 0 radical (unpaired) electrons. The average Bonchev–Trinajstić information content (AvgIpc) is 2.52. The number of carbonyl (C=O) groups is 2. The highest BCUT2D eigenvalue weighted by atomic mass is 16.3. The Labute approximate surface area is 131 Å². The summed E-state index contributed by atoms with van der Waals surface area (Å²) in [5, 5.41) is 14.7. The van der Waals surface area contributed by atoms with Crippen LogP contribution in [0.2, 0.25) is 0 Å². The van der Waals surface area contributed by atoms with E-state index >= 15 is 0 Å². The van der Waals surface area contributed by atoms with Gasteiger partial charge in [-0.3, -0.25) is 10.1 Å². The topological polar surface area (TPSA) is 81.7 Å². The number of anilines is 1. The van der Waals surface area contributed by atoms with Crippen LogP contribution < -0.4 is 15.5 Å². The highest BCUT2D eigenvalue weighted by Gasteiger charge is 2.16. The summed E-state index contributed by atoms with van der Waals surface area (Å²) in [4.78, 5) is 25.2. The van der Waals surface area contributed by atoms with Crippen LogP contribution in [0.1, 0.15) is 26.7 Å². The summed E-state index contributed by atoms with van der Waals surface area (Å²) < 4.78 is 0. The Balaban J connectivity index is 2.64. The molecule has 0 heterocycles. The monoisotopic (exact) mass is 307 g/mol. The molecule has 3 amide bonds. The van der Waals surface area contributed by atoms with E-state index in [-0.39, 0.29) is 6.54 Å². The molecule has 0 aromatic heterocycles. The first-order valence-corrected chi connectivity index (χ1v) is 7.62. The van der Waals surface area contributed by atoms with Gasteiger partial charge in [-0.1, -0.05) is 32.0 Å². The Kier molecular flexibility index (Phi) is 7.99. The predicted molar refractivity (Wildman–Crippen MR) is 86.8 cm³/mol. The van der Waals surface area contributed by atoms with Crippen LogP contribution >= 0.6 is 0 Å². The Bertz CT molecular complexity index is 465. The van der Waals surface area contributed by atoms with Crippen molar-refractivity contribution in [2.75, 3.05) is 24.5 Å². The Morgan fingerprint density at radius 1 is 1.23 bits per heavy atom. The number of carbonyl (C=O) groups excluding carboxylic acids is 2. The molecule has 0 spiro atoms. The molecule has 6 heteroatoms. The van der Waals surface area contributed by atoms with E-state index in [2.05, 4.69) is 10.6 Å². The average molecular weight is 307 g/mol. The molecule has 3 N–H and O–H groups in total. The van der Waals surface area contributed by atoms with Crippen molar-refractivity contribution in [3.05, 3.63) is 30.3 Å². The lowest BCUT2D eigenvalue weighted by Crippen LogP contribution is -2.46. The highest BCUT2D eigenvalue weighted by molar-refractivity contribution is 5.96. The molecule has 122 valence electrons. The van der Waals surface area contributed by atoms with E-state index in [0.717, 1.165) is 12.1 Å². The van der Waals surface area contributed by atoms with Crippen molar-refractivity contribution < 1.29 is 14.7 Å². The minimum absolute atomic E-state index is 0.0145. The number of aliphatic hydroxyl groups excluding tert-OH is 1. The number of imide groups is 1. The van der Waals surface area contributed by atoms with Crippen LogP contribution in [0.15, 0.2) is 30.3 Å². The fourth-order valence-electron chi connectivity index (χ4n) is 1.91. The van der Waals surface area contributed by atoms with Gasteiger partial charge in [0.15, 0.2) is 0 Å². The minimum Gasteiger partial charge on any atom is -0.391 e. The van der Waals surface area contributed by atoms with Crippen molar-refractivity contribution >= 4 is 17.6 Å². The number of rotatable bonds is 8. The van der Waals surface area contributed by atoms with Crippen molar-refractivity contribution in [2.45, 2.75) is 32.8 Å². The molecule has 1 rings (SSSR count). The number of hydrogen-bond acceptors (Lipinski definition) is 4. The van der Waals surface area contributed by atoms with E-state index < -0.39 is 18.0 Å². The van der Waals surface area contributed by atoms with Crippen molar-refractivity contribution in [3.63, 3.8) is 0 Å². The third kappa shape index (κ3) is 6.58. The number of nitrogens with one attached hydrogen (secondary N) is 2. The highest BCUT2D eigenvalue weighted by Crippen LogP contribution is 2.13. The van der Waals surface area contributed by atoms with E-state index in [4.69, 9.17) is 0 Å². The van der Waals surface area contributed by atoms with Crippen LogP contribution in [0.4, 0.5) is 10.5 Å². The molecule has 1 aromatic carbocycles. The lowest BCUT2D eigenvalue weighted by atomic mass is 10.2. The first kappa shape index (κ1) is 18.0. The molecule has 6 nitrogen and oxygen atoms in total. The molecule has 1 atom stereocenters. The van der Waals surface area contributed by atoms with E-state index in [9.17, 15) is 14.7 Å². The molecule has 0 aliphatic heterocycles. The van der Waals surface area contributed by atoms with Crippen molar-refractivity contribution in [1.29, 1.82) is 0 Å². The molecule has 0 saturated carbocycles. The van der Waals surface area contributed by atoms with Crippen molar-refractivity contribution in [1.82, 2.24) is 10.6 Å². The summed E-state index contributed by atoms with van der Waals surface area (Å²) in [7, 11) is 0. The van der Waals surface area contributed by atoms with Gasteiger partial charge in [0.25, 0.3) is 0 Å². The van der Waals surface area contributed by atoms with Gasteiger partial charge in [0.2, 0.25) is 5.91 Å². The smallest absolute Gasteiger partial charge is 0.321 e. The molecular formula is C16H25N3O3. The first-order chi connectivity index (χ1) is 10.6. The molecule has 0 aliphatic carbocycles. The fourth-order valence-corrected chi connectivity index (χ4v) is 1.91. The Hall–Kier alpha value is -2.08.